The zero-order valence-electron chi connectivity index (χ0n) is 20.0. The van der Waals surface area contributed by atoms with E-state index in [4.69, 9.17) is 13.9 Å². The summed E-state index contributed by atoms with van der Waals surface area (Å²) in [6, 6.07) is 14.7. The zero-order chi connectivity index (χ0) is 24.1. The standard InChI is InChI=1S/C27H32N2O5/c1-18(2)24(29-10-12-32-13-11-29)16-28-27(31)21-6-4-20(5-7-21)17-33-22-8-9-23-19(3)14-26(30)34-25(23)15-22/h4-9,14-15,18,24H,10-13,16-17H2,1-3H3,(H,28,31)/t24-/m1/s1. The van der Waals surface area contributed by atoms with Crippen molar-refractivity contribution < 1.29 is 18.7 Å². The third-order valence-electron chi connectivity index (χ3n) is 6.30. The first-order chi connectivity index (χ1) is 16.4. The fourth-order valence-corrected chi connectivity index (χ4v) is 4.31. The predicted octanol–water partition coefficient (Wildman–Crippen LogP) is 3.77. The summed E-state index contributed by atoms with van der Waals surface area (Å²) in [7, 11) is 0. The molecular formula is C27H32N2O5. The molecular weight excluding hydrogens is 432 g/mol. The first-order valence-corrected chi connectivity index (χ1v) is 11.8. The van der Waals surface area contributed by atoms with Crippen LogP contribution in [0.25, 0.3) is 11.0 Å². The smallest absolute Gasteiger partial charge is 0.336 e. The Morgan fingerprint density at radius 3 is 2.53 bits per heavy atom. The summed E-state index contributed by atoms with van der Waals surface area (Å²) >= 11 is 0. The second-order valence-electron chi connectivity index (χ2n) is 9.06. The van der Waals surface area contributed by atoms with Gasteiger partial charge in [0.1, 0.15) is 17.9 Å². The van der Waals surface area contributed by atoms with E-state index in [2.05, 4.69) is 24.1 Å². The van der Waals surface area contributed by atoms with Crippen molar-refractivity contribution in [2.45, 2.75) is 33.4 Å². The van der Waals surface area contributed by atoms with Crippen molar-refractivity contribution in [2.75, 3.05) is 32.8 Å². The van der Waals surface area contributed by atoms with Crippen LogP contribution in [0.4, 0.5) is 0 Å². The van der Waals surface area contributed by atoms with Gasteiger partial charge in [-0.25, -0.2) is 4.79 Å². The maximum atomic E-state index is 12.7. The van der Waals surface area contributed by atoms with Crippen molar-refractivity contribution >= 4 is 16.9 Å². The van der Waals surface area contributed by atoms with E-state index in [9.17, 15) is 9.59 Å². The zero-order valence-corrected chi connectivity index (χ0v) is 20.0. The molecule has 0 unspecified atom stereocenters. The fourth-order valence-electron chi connectivity index (χ4n) is 4.31. The van der Waals surface area contributed by atoms with Crippen LogP contribution in [0.1, 0.15) is 35.3 Å². The summed E-state index contributed by atoms with van der Waals surface area (Å²) in [6.07, 6.45) is 0. The van der Waals surface area contributed by atoms with Crippen LogP contribution in [0.15, 0.2) is 57.7 Å². The molecule has 1 amide bonds. The topological polar surface area (TPSA) is 81.0 Å². The van der Waals surface area contributed by atoms with Gasteiger partial charge >= 0.3 is 5.63 Å². The minimum absolute atomic E-state index is 0.0775. The van der Waals surface area contributed by atoms with E-state index in [-0.39, 0.29) is 17.6 Å². The molecule has 7 nitrogen and oxygen atoms in total. The number of amides is 1. The SMILES string of the molecule is Cc1cc(=O)oc2cc(OCc3ccc(C(=O)NC[C@H](C(C)C)N4CCOCC4)cc3)ccc12. The van der Waals surface area contributed by atoms with E-state index < -0.39 is 0 Å². The lowest BCUT2D eigenvalue weighted by Gasteiger charge is -2.36. The number of morpholine rings is 1. The molecule has 1 aliphatic heterocycles. The Kier molecular flexibility index (Phi) is 7.65. The maximum Gasteiger partial charge on any atom is 0.336 e. The highest BCUT2D eigenvalue weighted by molar-refractivity contribution is 5.94. The Labute approximate surface area is 199 Å². The van der Waals surface area contributed by atoms with Crippen molar-refractivity contribution in [1.29, 1.82) is 0 Å². The molecule has 1 saturated heterocycles. The summed E-state index contributed by atoms with van der Waals surface area (Å²) in [4.78, 5) is 26.7. The van der Waals surface area contributed by atoms with E-state index >= 15 is 0 Å². The Hall–Kier alpha value is -3.16. The lowest BCUT2D eigenvalue weighted by molar-refractivity contribution is 0.00673. The molecule has 0 saturated carbocycles. The molecule has 1 atom stereocenters. The summed E-state index contributed by atoms with van der Waals surface area (Å²) < 4.78 is 16.6. The molecule has 0 spiro atoms. The van der Waals surface area contributed by atoms with Crippen molar-refractivity contribution in [3.63, 3.8) is 0 Å². The molecule has 1 aliphatic rings. The summed E-state index contributed by atoms with van der Waals surface area (Å²) in [5, 5.41) is 3.98. The number of carbonyl (C=O) groups excluding carboxylic acids is 1. The van der Waals surface area contributed by atoms with Crippen LogP contribution in [-0.2, 0) is 11.3 Å². The third kappa shape index (κ3) is 5.85. The predicted molar refractivity (Wildman–Crippen MR) is 131 cm³/mol. The second kappa shape index (κ2) is 10.8. The van der Waals surface area contributed by atoms with Crippen LogP contribution in [0.3, 0.4) is 0 Å². The highest BCUT2D eigenvalue weighted by Crippen LogP contribution is 2.23. The molecule has 0 radical (unpaired) electrons. The van der Waals surface area contributed by atoms with E-state index in [0.717, 1.165) is 42.8 Å². The molecule has 4 rings (SSSR count). The number of aryl methyl sites for hydroxylation is 1. The number of benzene rings is 2. The normalized spacial score (nSPS) is 15.4. The van der Waals surface area contributed by atoms with Crippen molar-refractivity contribution in [3.8, 4) is 5.75 Å². The highest BCUT2D eigenvalue weighted by atomic mass is 16.5. The van der Waals surface area contributed by atoms with Gasteiger partial charge in [-0.2, -0.15) is 0 Å². The van der Waals surface area contributed by atoms with Gasteiger partial charge in [0, 0.05) is 48.8 Å². The number of ether oxygens (including phenoxy) is 2. The molecule has 3 aromatic rings. The number of carbonyl (C=O) groups is 1. The van der Waals surface area contributed by atoms with Crippen LogP contribution in [0.5, 0.6) is 5.75 Å². The Morgan fingerprint density at radius 1 is 1.09 bits per heavy atom. The van der Waals surface area contributed by atoms with Gasteiger partial charge in [-0.05, 0) is 48.2 Å². The molecule has 2 aromatic carbocycles. The Bertz CT molecular complexity index is 1180. The number of nitrogens with zero attached hydrogens (tertiary/aromatic N) is 1. The second-order valence-corrected chi connectivity index (χ2v) is 9.06. The number of fused-ring (bicyclic) bond motifs is 1. The molecule has 1 N–H and O–H groups in total. The average molecular weight is 465 g/mol. The van der Waals surface area contributed by atoms with E-state index in [1.165, 1.54) is 6.07 Å². The van der Waals surface area contributed by atoms with E-state index in [1.54, 1.807) is 6.07 Å². The molecule has 0 bridgehead atoms. The van der Waals surface area contributed by atoms with Gasteiger partial charge in [-0.15, -0.1) is 0 Å². The van der Waals surface area contributed by atoms with Gasteiger partial charge in [0.15, 0.2) is 0 Å². The molecule has 180 valence electrons. The van der Waals surface area contributed by atoms with Gasteiger partial charge in [0.05, 0.1) is 13.2 Å². The lowest BCUT2D eigenvalue weighted by atomic mass is 10.0. The van der Waals surface area contributed by atoms with Gasteiger partial charge in [-0.1, -0.05) is 26.0 Å². The summed E-state index contributed by atoms with van der Waals surface area (Å²) in [5.41, 5.74) is 2.57. The largest absolute Gasteiger partial charge is 0.489 e. The highest BCUT2D eigenvalue weighted by Gasteiger charge is 2.24. The van der Waals surface area contributed by atoms with Crippen LogP contribution in [0.2, 0.25) is 0 Å². The lowest BCUT2D eigenvalue weighted by Crippen LogP contribution is -2.51. The summed E-state index contributed by atoms with van der Waals surface area (Å²) in [5.74, 6) is 0.974. The fraction of sp³-hybridized carbons (Fsp3) is 0.407. The number of nitrogens with one attached hydrogen (secondary N) is 1. The molecule has 1 aromatic heterocycles. The van der Waals surface area contributed by atoms with Crippen molar-refractivity contribution in [2.24, 2.45) is 5.92 Å². The van der Waals surface area contributed by atoms with Gasteiger partial charge in [0.25, 0.3) is 5.91 Å². The van der Waals surface area contributed by atoms with Crippen molar-refractivity contribution in [1.82, 2.24) is 10.2 Å². The average Bonchev–Trinajstić information content (AvgIpc) is 2.83. The molecule has 0 aliphatic carbocycles. The number of rotatable bonds is 8. The van der Waals surface area contributed by atoms with Crippen LogP contribution >= 0.6 is 0 Å². The minimum atomic E-state index is -0.374. The quantitative estimate of drug-likeness (QED) is 0.511. The van der Waals surface area contributed by atoms with Crippen LogP contribution in [0, 0.1) is 12.8 Å². The first kappa shape index (κ1) is 24.0. The maximum absolute atomic E-state index is 12.7. The van der Waals surface area contributed by atoms with Gasteiger partial charge in [0.2, 0.25) is 0 Å². The first-order valence-electron chi connectivity index (χ1n) is 11.8. The van der Waals surface area contributed by atoms with E-state index in [0.29, 0.717) is 36.0 Å². The Morgan fingerprint density at radius 2 is 1.82 bits per heavy atom. The van der Waals surface area contributed by atoms with Gasteiger partial charge < -0.3 is 19.2 Å². The molecule has 34 heavy (non-hydrogen) atoms. The van der Waals surface area contributed by atoms with E-state index in [1.807, 2.05) is 43.3 Å². The Balaban J connectivity index is 1.33. The molecule has 2 heterocycles. The summed E-state index contributed by atoms with van der Waals surface area (Å²) in [6.45, 7) is 10.5. The number of hydrogen-bond acceptors (Lipinski definition) is 6. The molecule has 7 heteroatoms. The van der Waals surface area contributed by atoms with Crippen LogP contribution < -0.4 is 15.7 Å². The monoisotopic (exact) mass is 464 g/mol. The van der Waals surface area contributed by atoms with Crippen molar-refractivity contribution in [3.05, 3.63) is 75.6 Å². The third-order valence-corrected chi connectivity index (χ3v) is 6.30. The molecule has 1 fully saturated rings. The van der Waals surface area contributed by atoms with Crippen LogP contribution in [-0.4, -0.2) is 49.7 Å². The minimum Gasteiger partial charge on any atom is -0.489 e. The number of hydrogen-bond donors (Lipinski definition) is 1. The van der Waals surface area contributed by atoms with Gasteiger partial charge in [-0.3, -0.25) is 9.69 Å².